The molecule has 0 saturated carbocycles. The van der Waals surface area contributed by atoms with E-state index >= 15 is 0 Å². The molecule has 0 saturated heterocycles. The smallest absolute Gasteiger partial charge is 0.223 e. The van der Waals surface area contributed by atoms with E-state index in [9.17, 15) is 4.79 Å². The Bertz CT molecular complexity index is 373. The molecule has 0 aliphatic rings. The molecule has 0 spiro atoms. The second kappa shape index (κ2) is 7.47. The van der Waals surface area contributed by atoms with Crippen LogP contribution in [0.15, 0.2) is 24.3 Å². The van der Waals surface area contributed by atoms with Gasteiger partial charge in [0.1, 0.15) is 0 Å². The van der Waals surface area contributed by atoms with E-state index in [2.05, 4.69) is 50.7 Å². The van der Waals surface area contributed by atoms with Crippen molar-refractivity contribution in [2.24, 2.45) is 0 Å². The summed E-state index contributed by atoms with van der Waals surface area (Å²) < 4.78 is 0. The van der Waals surface area contributed by atoms with Crippen LogP contribution in [-0.2, 0) is 11.2 Å². The Balaban J connectivity index is 2.46. The summed E-state index contributed by atoms with van der Waals surface area (Å²) in [5.74, 6) is 1.36. The third-order valence-corrected chi connectivity index (χ3v) is 3.36. The lowest BCUT2D eigenvalue weighted by molar-refractivity contribution is -0.129. The number of carbonyl (C=O) groups excluding carboxylic acids is 1. The van der Waals surface area contributed by atoms with Gasteiger partial charge in [0.15, 0.2) is 0 Å². The largest absolute Gasteiger partial charge is 0.345 e. The molecule has 0 radical (unpaired) electrons. The van der Waals surface area contributed by atoms with Gasteiger partial charge in [-0.2, -0.15) is 12.6 Å². The Kier molecular flexibility index (Phi) is 6.27. The highest BCUT2D eigenvalue weighted by Crippen LogP contribution is 2.15. The molecule has 0 bridgehead atoms. The molecule has 0 atom stereocenters. The molecule has 0 aliphatic heterocycles. The molecule has 0 unspecified atom stereocenters. The van der Waals surface area contributed by atoms with Crippen molar-refractivity contribution < 1.29 is 4.79 Å². The SMILES string of the molecule is CC(C)c1ccc(CCN(C)C(=O)CCS)cc1. The van der Waals surface area contributed by atoms with Gasteiger partial charge in [0.05, 0.1) is 0 Å². The summed E-state index contributed by atoms with van der Waals surface area (Å²) in [6.45, 7) is 5.16. The van der Waals surface area contributed by atoms with Gasteiger partial charge in [-0.25, -0.2) is 0 Å². The lowest BCUT2D eigenvalue weighted by Crippen LogP contribution is -2.28. The number of benzene rings is 1. The minimum atomic E-state index is 0.170. The standard InChI is InChI=1S/C15H23NOS/c1-12(2)14-6-4-13(5-7-14)8-10-16(3)15(17)9-11-18/h4-7,12,18H,8-11H2,1-3H3. The van der Waals surface area contributed by atoms with Gasteiger partial charge in [-0.05, 0) is 29.2 Å². The third kappa shape index (κ3) is 4.73. The van der Waals surface area contributed by atoms with E-state index in [1.54, 1.807) is 4.90 Å². The summed E-state index contributed by atoms with van der Waals surface area (Å²) >= 11 is 4.08. The fraction of sp³-hybridized carbons (Fsp3) is 0.533. The Hall–Kier alpha value is -0.960. The van der Waals surface area contributed by atoms with Gasteiger partial charge in [0, 0.05) is 20.0 Å². The van der Waals surface area contributed by atoms with E-state index in [0.29, 0.717) is 18.1 Å². The number of rotatable bonds is 6. The van der Waals surface area contributed by atoms with Crippen molar-refractivity contribution in [2.45, 2.75) is 32.6 Å². The molecule has 1 aromatic rings. The normalized spacial score (nSPS) is 10.7. The van der Waals surface area contributed by atoms with Crippen LogP contribution < -0.4 is 0 Å². The number of carbonyl (C=O) groups is 1. The first kappa shape index (κ1) is 15.1. The molecule has 1 amide bonds. The zero-order valence-corrected chi connectivity index (χ0v) is 12.4. The van der Waals surface area contributed by atoms with Crippen molar-refractivity contribution >= 4 is 18.5 Å². The Morgan fingerprint density at radius 1 is 1.28 bits per heavy atom. The van der Waals surface area contributed by atoms with Crippen LogP contribution in [0.1, 0.15) is 37.3 Å². The molecule has 18 heavy (non-hydrogen) atoms. The molecular formula is C15H23NOS. The molecule has 100 valence electrons. The van der Waals surface area contributed by atoms with Crippen LogP contribution in [0.2, 0.25) is 0 Å². The lowest BCUT2D eigenvalue weighted by Gasteiger charge is -2.16. The number of nitrogens with zero attached hydrogens (tertiary/aromatic N) is 1. The van der Waals surface area contributed by atoms with E-state index in [1.165, 1.54) is 11.1 Å². The topological polar surface area (TPSA) is 20.3 Å². The number of amides is 1. The zero-order chi connectivity index (χ0) is 13.5. The fourth-order valence-corrected chi connectivity index (χ4v) is 1.97. The van der Waals surface area contributed by atoms with Crippen LogP contribution in [0, 0.1) is 0 Å². The number of thiol groups is 1. The highest BCUT2D eigenvalue weighted by atomic mass is 32.1. The Morgan fingerprint density at radius 2 is 1.89 bits per heavy atom. The first-order valence-corrected chi connectivity index (χ1v) is 7.11. The molecule has 0 aromatic heterocycles. The van der Waals surface area contributed by atoms with Crippen LogP contribution in [0.25, 0.3) is 0 Å². The molecule has 0 fully saturated rings. The zero-order valence-electron chi connectivity index (χ0n) is 11.5. The molecular weight excluding hydrogens is 242 g/mol. The van der Waals surface area contributed by atoms with Crippen molar-refractivity contribution in [3.8, 4) is 0 Å². The van der Waals surface area contributed by atoms with Crippen molar-refractivity contribution in [1.82, 2.24) is 4.90 Å². The predicted octanol–water partition coefficient (Wildman–Crippen LogP) is 3.13. The van der Waals surface area contributed by atoms with Crippen LogP contribution in [0.4, 0.5) is 0 Å². The van der Waals surface area contributed by atoms with Crippen molar-refractivity contribution in [3.05, 3.63) is 35.4 Å². The average Bonchev–Trinajstić information content (AvgIpc) is 2.36. The molecule has 0 N–H and O–H groups in total. The second-order valence-electron chi connectivity index (χ2n) is 4.94. The number of hydrogen-bond acceptors (Lipinski definition) is 2. The summed E-state index contributed by atoms with van der Waals surface area (Å²) in [6.07, 6.45) is 1.43. The maximum Gasteiger partial charge on any atom is 0.223 e. The highest BCUT2D eigenvalue weighted by molar-refractivity contribution is 7.80. The molecule has 3 heteroatoms. The fourth-order valence-electron chi connectivity index (χ4n) is 1.78. The van der Waals surface area contributed by atoms with Crippen LogP contribution in [0.5, 0.6) is 0 Å². The lowest BCUT2D eigenvalue weighted by atomic mass is 10.0. The van der Waals surface area contributed by atoms with Gasteiger partial charge in [-0.1, -0.05) is 38.1 Å². The monoisotopic (exact) mass is 265 g/mol. The van der Waals surface area contributed by atoms with Crippen molar-refractivity contribution in [2.75, 3.05) is 19.3 Å². The summed E-state index contributed by atoms with van der Waals surface area (Å²) in [6, 6.07) is 8.67. The average molecular weight is 265 g/mol. The summed E-state index contributed by atoms with van der Waals surface area (Å²) in [5, 5.41) is 0. The predicted molar refractivity (Wildman–Crippen MR) is 80.3 cm³/mol. The molecule has 1 aromatic carbocycles. The van der Waals surface area contributed by atoms with Crippen molar-refractivity contribution in [3.63, 3.8) is 0 Å². The summed E-state index contributed by atoms with van der Waals surface area (Å²) in [7, 11) is 1.86. The summed E-state index contributed by atoms with van der Waals surface area (Å²) in [4.78, 5) is 13.4. The van der Waals surface area contributed by atoms with Crippen LogP contribution in [-0.4, -0.2) is 30.2 Å². The maximum atomic E-state index is 11.6. The van der Waals surface area contributed by atoms with Crippen LogP contribution >= 0.6 is 12.6 Å². The Morgan fingerprint density at radius 3 is 2.39 bits per heavy atom. The third-order valence-electron chi connectivity index (χ3n) is 3.13. The van der Waals surface area contributed by atoms with E-state index in [1.807, 2.05) is 7.05 Å². The van der Waals surface area contributed by atoms with E-state index < -0.39 is 0 Å². The van der Waals surface area contributed by atoms with Crippen LogP contribution in [0.3, 0.4) is 0 Å². The quantitative estimate of drug-likeness (QED) is 0.784. The van der Waals surface area contributed by atoms with Gasteiger partial charge < -0.3 is 4.90 Å². The van der Waals surface area contributed by atoms with Gasteiger partial charge in [0.2, 0.25) is 5.91 Å². The summed E-state index contributed by atoms with van der Waals surface area (Å²) in [5.41, 5.74) is 2.64. The minimum Gasteiger partial charge on any atom is -0.345 e. The number of hydrogen-bond donors (Lipinski definition) is 1. The van der Waals surface area contributed by atoms with E-state index in [0.717, 1.165) is 13.0 Å². The van der Waals surface area contributed by atoms with Gasteiger partial charge in [-0.15, -0.1) is 0 Å². The molecule has 1 rings (SSSR count). The highest BCUT2D eigenvalue weighted by Gasteiger charge is 2.07. The Labute approximate surface area is 116 Å². The van der Waals surface area contributed by atoms with Gasteiger partial charge in [-0.3, -0.25) is 4.79 Å². The van der Waals surface area contributed by atoms with Crippen molar-refractivity contribution in [1.29, 1.82) is 0 Å². The second-order valence-corrected chi connectivity index (χ2v) is 5.38. The first-order chi connectivity index (χ1) is 8.54. The van der Waals surface area contributed by atoms with Gasteiger partial charge in [0.25, 0.3) is 0 Å². The van der Waals surface area contributed by atoms with Gasteiger partial charge >= 0.3 is 0 Å². The molecule has 0 heterocycles. The first-order valence-electron chi connectivity index (χ1n) is 6.48. The minimum absolute atomic E-state index is 0.170. The molecule has 2 nitrogen and oxygen atoms in total. The van der Waals surface area contributed by atoms with E-state index in [4.69, 9.17) is 0 Å². The van der Waals surface area contributed by atoms with E-state index in [-0.39, 0.29) is 5.91 Å². The maximum absolute atomic E-state index is 11.6. The number of likely N-dealkylation sites (N-methyl/N-ethyl adjacent to an activating group) is 1. The molecule has 0 aliphatic carbocycles.